The van der Waals surface area contributed by atoms with Crippen LogP contribution in [0.2, 0.25) is 0 Å². The van der Waals surface area contributed by atoms with Crippen LogP contribution in [-0.2, 0) is 6.54 Å². The van der Waals surface area contributed by atoms with Crippen LogP contribution in [0.25, 0.3) is 10.2 Å². The fraction of sp³-hybridized carbons (Fsp3) is 0.533. The van der Waals surface area contributed by atoms with E-state index in [1.165, 1.54) is 42.6 Å². The Morgan fingerprint density at radius 2 is 2.37 bits per heavy atom. The Kier molecular flexibility index (Phi) is 3.71. The number of hydrogen-bond donors (Lipinski definition) is 1. The minimum atomic E-state index is 0.663. The number of nitrogens with two attached hydrogens (primary N) is 1. The Morgan fingerprint density at radius 1 is 1.47 bits per heavy atom. The molecule has 0 saturated carbocycles. The molecule has 1 saturated heterocycles. The first-order valence-corrected chi connectivity index (χ1v) is 7.93. The molecule has 1 aliphatic heterocycles. The molecule has 102 valence electrons. The summed E-state index contributed by atoms with van der Waals surface area (Å²) in [4.78, 5) is 6.88. The molecular weight excluding hydrogens is 254 g/mol. The molecule has 0 spiro atoms. The van der Waals surface area contributed by atoms with Gasteiger partial charge in [0, 0.05) is 13.1 Å². The van der Waals surface area contributed by atoms with Crippen LogP contribution in [-0.4, -0.2) is 23.0 Å². The highest BCUT2D eigenvalue weighted by molar-refractivity contribution is 7.22. The predicted octanol–water partition coefficient (Wildman–Crippen LogP) is 3.50. The molecular formula is C15H21N3S. The van der Waals surface area contributed by atoms with Gasteiger partial charge >= 0.3 is 0 Å². The Balaban J connectivity index is 1.68. The third-order valence-electron chi connectivity index (χ3n) is 3.94. The first kappa shape index (κ1) is 12.9. The van der Waals surface area contributed by atoms with Crippen molar-refractivity contribution >= 4 is 26.7 Å². The number of benzene rings is 1. The van der Waals surface area contributed by atoms with E-state index in [9.17, 15) is 0 Å². The van der Waals surface area contributed by atoms with Crippen LogP contribution in [0.3, 0.4) is 0 Å². The molecule has 3 nitrogen and oxygen atoms in total. The summed E-state index contributed by atoms with van der Waals surface area (Å²) in [5, 5.41) is 0.663. The fourth-order valence-corrected chi connectivity index (χ4v) is 3.84. The van der Waals surface area contributed by atoms with Gasteiger partial charge in [0.25, 0.3) is 0 Å². The van der Waals surface area contributed by atoms with Crippen molar-refractivity contribution in [3.8, 4) is 0 Å². The molecule has 1 fully saturated rings. The summed E-state index contributed by atoms with van der Waals surface area (Å²) in [5.74, 6) is 0.910. The third-order valence-corrected chi connectivity index (χ3v) is 4.79. The molecule has 1 atom stereocenters. The Morgan fingerprint density at radius 3 is 3.21 bits per heavy atom. The van der Waals surface area contributed by atoms with E-state index >= 15 is 0 Å². The van der Waals surface area contributed by atoms with Crippen LogP contribution in [0.1, 0.15) is 31.7 Å². The van der Waals surface area contributed by atoms with Crippen LogP contribution < -0.4 is 5.73 Å². The number of thiazole rings is 1. The zero-order chi connectivity index (χ0) is 13.2. The van der Waals surface area contributed by atoms with E-state index < -0.39 is 0 Å². The highest BCUT2D eigenvalue weighted by atomic mass is 32.1. The topological polar surface area (TPSA) is 42.2 Å². The van der Waals surface area contributed by atoms with E-state index in [2.05, 4.69) is 35.0 Å². The lowest BCUT2D eigenvalue weighted by Crippen LogP contribution is -2.20. The van der Waals surface area contributed by atoms with Crippen LogP contribution in [0.4, 0.5) is 5.13 Å². The Bertz CT molecular complexity index is 564. The molecule has 19 heavy (non-hydrogen) atoms. The van der Waals surface area contributed by atoms with Crippen molar-refractivity contribution in [2.45, 2.75) is 32.7 Å². The quantitative estimate of drug-likeness (QED) is 0.928. The minimum Gasteiger partial charge on any atom is -0.375 e. The van der Waals surface area contributed by atoms with Crippen molar-refractivity contribution in [3.05, 3.63) is 23.8 Å². The van der Waals surface area contributed by atoms with E-state index in [0.717, 1.165) is 18.0 Å². The first-order chi connectivity index (χ1) is 9.24. The average molecular weight is 275 g/mol. The molecule has 0 amide bonds. The standard InChI is InChI=1S/C15H21N3S/c1-2-3-11-6-7-18(9-11)10-12-4-5-13-14(8-12)19-15(16)17-13/h4-5,8,11H,2-3,6-7,9-10H2,1H3,(H2,16,17). The van der Waals surface area contributed by atoms with Crippen molar-refractivity contribution < 1.29 is 0 Å². The van der Waals surface area contributed by atoms with Gasteiger partial charge < -0.3 is 5.73 Å². The van der Waals surface area contributed by atoms with Gasteiger partial charge in [0.2, 0.25) is 0 Å². The number of fused-ring (bicyclic) bond motifs is 1. The van der Waals surface area contributed by atoms with Crippen LogP contribution in [0.15, 0.2) is 18.2 Å². The molecule has 2 aromatic rings. The van der Waals surface area contributed by atoms with Crippen LogP contribution in [0.5, 0.6) is 0 Å². The molecule has 0 radical (unpaired) electrons. The highest BCUT2D eigenvalue weighted by Gasteiger charge is 2.21. The van der Waals surface area contributed by atoms with E-state index in [1.54, 1.807) is 11.3 Å². The summed E-state index contributed by atoms with van der Waals surface area (Å²) >= 11 is 1.58. The summed E-state index contributed by atoms with van der Waals surface area (Å²) in [6.45, 7) is 5.85. The van der Waals surface area contributed by atoms with Crippen molar-refractivity contribution in [3.63, 3.8) is 0 Å². The van der Waals surface area contributed by atoms with Gasteiger partial charge in [-0.1, -0.05) is 30.7 Å². The van der Waals surface area contributed by atoms with Gasteiger partial charge in [-0.15, -0.1) is 0 Å². The summed E-state index contributed by atoms with van der Waals surface area (Å²) < 4.78 is 1.21. The molecule has 1 aliphatic rings. The van der Waals surface area contributed by atoms with Crippen LogP contribution in [0, 0.1) is 5.92 Å². The second kappa shape index (κ2) is 5.47. The van der Waals surface area contributed by atoms with Gasteiger partial charge in [-0.3, -0.25) is 4.90 Å². The molecule has 1 unspecified atom stereocenters. The smallest absolute Gasteiger partial charge is 0.181 e. The zero-order valence-corrected chi connectivity index (χ0v) is 12.2. The van der Waals surface area contributed by atoms with Gasteiger partial charge in [0.15, 0.2) is 5.13 Å². The van der Waals surface area contributed by atoms with Gasteiger partial charge in [-0.25, -0.2) is 4.98 Å². The molecule has 4 heteroatoms. The predicted molar refractivity (Wildman–Crippen MR) is 82.3 cm³/mol. The number of aromatic nitrogens is 1. The van der Waals surface area contributed by atoms with E-state index in [0.29, 0.717) is 5.13 Å². The Hall–Kier alpha value is -1.13. The molecule has 0 aliphatic carbocycles. The summed E-state index contributed by atoms with van der Waals surface area (Å²) in [5.41, 5.74) is 8.16. The lowest BCUT2D eigenvalue weighted by atomic mass is 10.0. The average Bonchev–Trinajstić information content (AvgIpc) is 2.95. The van der Waals surface area contributed by atoms with Gasteiger partial charge in [-0.05, 0) is 43.0 Å². The number of anilines is 1. The number of rotatable bonds is 4. The normalized spacial score (nSPS) is 20.4. The lowest BCUT2D eigenvalue weighted by Gasteiger charge is -2.15. The monoisotopic (exact) mass is 275 g/mol. The molecule has 1 aromatic heterocycles. The van der Waals surface area contributed by atoms with Crippen molar-refractivity contribution in [1.82, 2.24) is 9.88 Å². The number of hydrogen-bond acceptors (Lipinski definition) is 4. The number of likely N-dealkylation sites (tertiary alicyclic amines) is 1. The zero-order valence-electron chi connectivity index (χ0n) is 11.4. The van der Waals surface area contributed by atoms with Crippen molar-refractivity contribution in [2.24, 2.45) is 5.92 Å². The van der Waals surface area contributed by atoms with Crippen LogP contribution >= 0.6 is 11.3 Å². The fourth-order valence-electron chi connectivity index (χ4n) is 3.04. The number of nitrogens with zero attached hydrogens (tertiary/aromatic N) is 2. The van der Waals surface area contributed by atoms with Gasteiger partial charge in [-0.2, -0.15) is 0 Å². The summed E-state index contributed by atoms with van der Waals surface area (Å²) in [7, 11) is 0. The second-order valence-corrected chi connectivity index (χ2v) is 6.59. The maximum Gasteiger partial charge on any atom is 0.181 e. The van der Waals surface area contributed by atoms with Gasteiger partial charge in [0.05, 0.1) is 10.2 Å². The second-order valence-electron chi connectivity index (χ2n) is 5.53. The largest absolute Gasteiger partial charge is 0.375 e. The molecule has 0 bridgehead atoms. The van der Waals surface area contributed by atoms with Crippen molar-refractivity contribution in [1.29, 1.82) is 0 Å². The highest BCUT2D eigenvalue weighted by Crippen LogP contribution is 2.27. The summed E-state index contributed by atoms with van der Waals surface area (Å²) in [6, 6.07) is 6.53. The maximum absolute atomic E-state index is 5.75. The minimum absolute atomic E-state index is 0.663. The molecule has 2 N–H and O–H groups in total. The Labute approximate surface area is 118 Å². The number of nitrogen functional groups attached to an aromatic ring is 1. The van der Waals surface area contributed by atoms with E-state index in [4.69, 9.17) is 5.73 Å². The van der Waals surface area contributed by atoms with E-state index in [-0.39, 0.29) is 0 Å². The summed E-state index contributed by atoms with van der Waals surface area (Å²) in [6.07, 6.45) is 4.05. The van der Waals surface area contributed by atoms with Crippen molar-refractivity contribution in [2.75, 3.05) is 18.8 Å². The molecule has 1 aromatic carbocycles. The lowest BCUT2D eigenvalue weighted by molar-refractivity contribution is 0.313. The SMILES string of the molecule is CCCC1CCN(Cc2ccc3nc(N)sc3c2)C1. The third kappa shape index (κ3) is 2.90. The van der Waals surface area contributed by atoms with E-state index in [1.807, 2.05) is 0 Å². The molecule has 3 rings (SSSR count). The first-order valence-electron chi connectivity index (χ1n) is 7.12. The molecule has 2 heterocycles. The maximum atomic E-state index is 5.75. The van der Waals surface area contributed by atoms with Gasteiger partial charge in [0.1, 0.15) is 0 Å².